The first-order chi connectivity index (χ1) is 9.99. The molecule has 2 N–H and O–H groups in total. The third-order valence-electron chi connectivity index (χ3n) is 3.41. The van der Waals surface area contributed by atoms with Crippen LogP contribution in [0, 0.1) is 0 Å². The van der Waals surface area contributed by atoms with Crippen molar-refractivity contribution in [3.05, 3.63) is 59.7 Å². The van der Waals surface area contributed by atoms with E-state index in [0.717, 1.165) is 11.3 Å². The molecule has 21 heavy (non-hydrogen) atoms. The highest BCUT2D eigenvalue weighted by molar-refractivity contribution is 5.98. The molecule has 0 aromatic heterocycles. The first kappa shape index (κ1) is 14.9. The SMILES string of the molecule is CN(Cc1ccc(N(C)C)cc1)C(=O)c1ccccc1N. The van der Waals surface area contributed by atoms with Crippen LogP contribution in [0.3, 0.4) is 0 Å². The van der Waals surface area contributed by atoms with Gasteiger partial charge < -0.3 is 15.5 Å². The van der Waals surface area contributed by atoms with E-state index in [1.807, 2.05) is 55.4 Å². The molecule has 2 aromatic carbocycles. The van der Waals surface area contributed by atoms with E-state index in [4.69, 9.17) is 5.73 Å². The summed E-state index contributed by atoms with van der Waals surface area (Å²) in [6.07, 6.45) is 0. The topological polar surface area (TPSA) is 49.6 Å². The fourth-order valence-electron chi connectivity index (χ4n) is 2.14. The van der Waals surface area contributed by atoms with Crippen LogP contribution in [0.4, 0.5) is 11.4 Å². The van der Waals surface area contributed by atoms with Gasteiger partial charge in [-0.25, -0.2) is 0 Å². The minimum absolute atomic E-state index is 0.0650. The average Bonchev–Trinajstić information content (AvgIpc) is 2.47. The highest BCUT2D eigenvalue weighted by atomic mass is 16.2. The highest BCUT2D eigenvalue weighted by Crippen LogP contribution is 2.16. The van der Waals surface area contributed by atoms with Gasteiger partial charge in [0.25, 0.3) is 5.91 Å². The average molecular weight is 283 g/mol. The zero-order valence-corrected chi connectivity index (χ0v) is 12.7. The summed E-state index contributed by atoms with van der Waals surface area (Å²) in [4.78, 5) is 16.1. The van der Waals surface area contributed by atoms with Crippen molar-refractivity contribution in [1.82, 2.24) is 4.90 Å². The second kappa shape index (κ2) is 6.31. The molecule has 0 bridgehead atoms. The Morgan fingerprint density at radius 3 is 2.19 bits per heavy atom. The van der Waals surface area contributed by atoms with Crippen molar-refractivity contribution < 1.29 is 4.79 Å². The molecule has 4 heteroatoms. The zero-order chi connectivity index (χ0) is 15.4. The van der Waals surface area contributed by atoms with Gasteiger partial charge >= 0.3 is 0 Å². The summed E-state index contributed by atoms with van der Waals surface area (Å²) in [5.41, 5.74) is 9.14. The Morgan fingerprint density at radius 1 is 1.00 bits per heavy atom. The largest absolute Gasteiger partial charge is 0.398 e. The summed E-state index contributed by atoms with van der Waals surface area (Å²) in [6.45, 7) is 0.556. The van der Waals surface area contributed by atoms with Crippen molar-refractivity contribution in [3.63, 3.8) is 0 Å². The Morgan fingerprint density at radius 2 is 1.62 bits per heavy atom. The molecule has 1 amide bonds. The molecule has 110 valence electrons. The number of benzene rings is 2. The molecule has 0 aliphatic rings. The lowest BCUT2D eigenvalue weighted by atomic mass is 10.1. The van der Waals surface area contributed by atoms with Gasteiger partial charge in [-0.1, -0.05) is 24.3 Å². The number of hydrogen-bond acceptors (Lipinski definition) is 3. The summed E-state index contributed by atoms with van der Waals surface area (Å²) in [5.74, 6) is -0.0650. The van der Waals surface area contributed by atoms with E-state index in [1.54, 1.807) is 24.1 Å². The molecule has 0 saturated carbocycles. The summed E-state index contributed by atoms with van der Waals surface area (Å²) >= 11 is 0. The van der Waals surface area contributed by atoms with E-state index < -0.39 is 0 Å². The van der Waals surface area contributed by atoms with Crippen molar-refractivity contribution in [2.75, 3.05) is 31.8 Å². The Hall–Kier alpha value is -2.49. The number of nitrogens with zero attached hydrogens (tertiary/aromatic N) is 2. The van der Waals surface area contributed by atoms with Crippen molar-refractivity contribution in [3.8, 4) is 0 Å². The Bertz CT molecular complexity index is 620. The lowest BCUT2D eigenvalue weighted by Crippen LogP contribution is -2.26. The second-order valence-electron chi connectivity index (χ2n) is 5.31. The molecule has 0 aliphatic carbocycles. The number of amides is 1. The van der Waals surface area contributed by atoms with E-state index in [2.05, 4.69) is 0 Å². The zero-order valence-electron chi connectivity index (χ0n) is 12.7. The molecule has 0 unspecified atom stereocenters. The number of rotatable bonds is 4. The molecular weight excluding hydrogens is 262 g/mol. The van der Waals surface area contributed by atoms with Crippen molar-refractivity contribution in [2.45, 2.75) is 6.54 Å². The van der Waals surface area contributed by atoms with E-state index >= 15 is 0 Å². The molecular formula is C17H21N3O. The van der Waals surface area contributed by atoms with Gasteiger partial charge in [0.15, 0.2) is 0 Å². The minimum Gasteiger partial charge on any atom is -0.398 e. The van der Waals surface area contributed by atoms with Crippen LogP contribution >= 0.6 is 0 Å². The number of hydrogen-bond donors (Lipinski definition) is 1. The monoisotopic (exact) mass is 283 g/mol. The first-order valence-electron chi connectivity index (χ1n) is 6.85. The van der Waals surface area contributed by atoms with Crippen LogP contribution in [0.2, 0.25) is 0 Å². The van der Waals surface area contributed by atoms with Crippen molar-refractivity contribution in [1.29, 1.82) is 0 Å². The molecule has 0 saturated heterocycles. The molecule has 4 nitrogen and oxygen atoms in total. The lowest BCUT2D eigenvalue weighted by Gasteiger charge is -2.19. The third kappa shape index (κ3) is 3.54. The number of para-hydroxylation sites is 1. The Labute approximate surface area is 125 Å². The molecule has 0 heterocycles. The van der Waals surface area contributed by atoms with Crippen LogP contribution in [0.1, 0.15) is 15.9 Å². The second-order valence-corrected chi connectivity index (χ2v) is 5.31. The van der Waals surface area contributed by atoms with Crippen LogP contribution in [0.5, 0.6) is 0 Å². The summed E-state index contributed by atoms with van der Waals surface area (Å²) in [7, 11) is 5.79. The third-order valence-corrected chi connectivity index (χ3v) is 3.41. The van der Waals surface area contributed by atoms with Gasteiger partial charge in [-0.15, -0.1) is 0 Å². The van der Waals surface area contributed by atoms with Gasteiger partial charge in [0.2, 0.25) is 0 Å². The van der Waals surface area contributed by atoms with Gasteiger partial charge in [-0.3, -0.25) is 4.79 Å². The van der Waals surface area contributed by atoms with Crippen molar-refractivity contribution >= 4 is 17.3 Å². The number of carbonyl (C=O) groups is 1. The van der Waals surface area contributed by atoms with Gasteiger partial charge in [0.1, 0.15) is 0 Å². The predicted octanol–water partition coefficient (Wildman–Crippen LogP) is 2.61. The summed E-state index contributed by atoms with van der Waals surface area (Å²) < 4.78 is 0. The maximum atomic E-state index is 12.4. The Kier molecular flexibility index (Phi) is 4.48. The van der Waals surface area contributed by atoms with E-state index in [9.17, 15) is 4.79 Å². The molecule has 0 radical (unpaired) electrons. The summed E-state index contributed by atoms with van der Waals surface area (Å²) in [5, 5.41) is 0. The molecule has 0 atom stereocenters. The maximum absolute atomic E-state index is 12.4. The van der Waals surface area contributed by atoms with Gasteiger partial charge in [0.05, 0.1) is 5.56 Å². The van der Waals surface area contributed by atoms with Crippen molar-refractivity contribution in [2.24, 2.45) is 0 Å². The molecule has 0 aliphatic heterocycles. The van der Waals surface area contributed by atoms with Crippen LogP contribution in [-0.4, -0.2) is 32.0 Å². The normalized spacial score (nSPS) is 10.2. The molecule has 2 aromatic rings. The predicted molar refractivity (Wildman–Crippen MR) is 87.4 cm³/mol. The Balaban J connectivity index is 2.09. The van der Waals surface area contributed by atoms with Gasteiger partial charge in [0, 0.05) is 39.1 Å². The van der Waals surface area contributed by atoms with Gasteiger partial charge in [-0.2, -0.15) is 0 Å². The maximum Gasteiger partial charge on any atom is 0.255 e. The standard InChI is InChI=1S/C17H21N3O/c1-19(2)14-10-8-13(9-11-14)12-20(3)17(21)15-6-4-5-7-16(15)18/h4-11H,12,18H2,1-3H3. The van der Waals surface area contributed by atoms with E-state index in [1.165, 1.54) is 0 Å². The quantitative estimate of drug-likeness (QED) is 0.878. The molecule has 2 rings (SSSR count). The highest BCUT2D eigenvalue weighted by Gasteiger charge is 2.14. The first-order valence-corrected chi connectivity index (χ1v) is 6.85. The molecule has 0 fully saturated rings. The fraction of sp³-hybridized carbons (Fsp3) is 0.235. The smallest absolute Gasteiger partial charge is 0.255 e. The number of nitrogens with two attached hydrogens (primary N) is 1. The van der Waals surface area contributed by atoms with Crippen LogP contribution < -0.4 is 10.6 Å². The van der Waals surface area contributed by atoms with Crippen LogP contribution in [-0.2, 0) is 6.54 Å². The van der Waals surface area contributed by atoms with E-state index in [0.29, 0.717) is 17.8 Å². The van der Waals surface area contributed by atoms with Crippen LogP contribution in [0.15, 0.2) is 48.5 Å². The van der Waals surface area contributed by atoms with Crippen LogP contribution in [0.25, 0.3) is 0 Å². The number of nitrogen functional groups attached to an aromatic ring is 1. The van der Waals surface area contributed by atoms with E-state index in [-0.39, 0.29) is 5.91 Å². The summed E-state index contributed by atoms with van der Waals surface area (Å²) in [6, 6.07) is 15.3. The number of anilines is 2. The lowest BCUT2D eigenvalue weighted by molar-refractivity contribution is 0.0786. The van der Waals surface area contributed by atoms with Gasteiger partial charge in [-0.05, 0) is 29.8 Å². The minimum atomic E-state index is -0.0650. The molecule has 0 spiro atoms. The fourth-order valence-corrected chi connectivity index (χ4v) is 2.14. The number of carbonyl (C=O) groups excluding carboxylic acids is 1.